The van der Waals surface area contributed by atoms with Gasteiger partial charge < -0.3 is 23.8 Å². The molecule has 0 bridgehead atoms. The van der Waals surface area contributed by atoms with Gasteiger partial charge in [-0.25, -0.2) is 0 Å². The molecule has 26 heavy (non-hydrogen) atoms. The Morgan fingerprint density at radius 3 is 1.58 bits per heavy atom. The second kappa shape index (κ2) is 19.6. The fourth-order valence-corrected chi connectivity index (χ4v) is 1.89. The molecule has 0 aromatic rings. The van der Waals surface area contributed by atoms with Crippen molar-refractivity contribution in [2.45, 2.75) is 32.1 Å². The summed E-state index contributed by atoms with van der Waals surface area (Å²) in [6, 6.07) is 0. The molecule has 154 valence electrons. The van der Waals surface area contributed by atoms with Crippen molar-refractivity contribution in [3.05, 3.63) is 0 Å². The molecule has 0 amide bonds. The van der Waals surface area contributed by atoms with Gasteiger partial charge in [0.2, 0.25) is 0 Å². The number of nitrogens with two attached hydrogens (primary N) is 2. The van der Waals surface area contributed by atoms with Crippen LogP contribution in [-0.4, -0.2) is 77.0 Å². The number of rotatable bonds is 14. The van der Waals surface area contributed by atoms with Gasteiger partial charge in [-0.3, -0.25) is 26.1 Å². The van der Waals surface area contributed by atoms with Crippen LogP contribution < -0.4 is 11.7 Å². The van der Waals surface area contributed by atoms with Gasteiger partial charge in [-0.1, -0.05) is 0 Å². The van der Waals surface area contributed by atoms with Crippen LogP contribution in [0.3, 0.4) is 0 Å². The molecular weight excluding hydrogens is 346 g/mol. The van der Waals surface area contributed by atoms with Gasteiger partial charge in [0.25, 0.3) is 0 Å². The largest absolute Gasteiger partial charge is 0.469 e. The number of hydrazine groups is 1. The average molecular weight is 379 g/mol. The van der Waals surface area contributed by atoms with Gasteiger partial charge in [0.1, 0.15) is 0 Å². The van der Waals surface area contributed by atoms with Crippen LogP contribution in [0.2, 0.25) is 0 Å². The van der Waals surface area contributed by atoms with Crippen molar-refractivity contribution >= 4 is 17.9 Å². The van der Waals surface area contributed by atoms with Crippen LogP contribution in [0.4, 0.5) is 0 Å². The Hall–Kier alpha value is -1.75. The summed E-state index contributed by atoms with van der Waals surface area (Å²) in [7, 11) is 4.27. The third kappa shape index (κ3) is 17.1. The average Bonchev–Trinajstić information content (AvgIpc) is 2.67. The Morgan fingerprint density at radius 1 is 0.731 bits per heavy atom. The van der Waals surface area contributed by atoms with Crippen molar-refractivity contribution in [2.75, 3.05) is 54.2 Å². The first-order chi connectivity index (χ1) is 12.5. The first-order valence-electron chi connectivity index (χ1n) is 8.37. The Bertz CT molecular complexity index is 361. The lowest BCUT2D eigenvalue weighted by molar-refractivity contribution is -0.144. The summed E-state index contributed by atoms with van der Waals surface area (Å²) < 4.78 is 19.2. The van der Waals surface area contributed by atoms with Crippen LogP contribution in [0.15, 0.2) is 0 Å². The Morgan fingerprint density at radius 2 is 1.15 bits per heavy atom. The van der Waals surface area contributed by atoms with Gasteiger partial charge in [0.15, 0.2) is 0 Å². The lowest BCUT2D eigenvalue weighted by atomic mass is 10.3. The molecule has 0 atom stereocenters. The molecule has 0 spiro atoms. The van der Waals surface area contributed by atoms with E-state index in [1.165, 1.54) is 14.2 Å². The minimum Gasteiger partial charge on any atom is -0.469 e. The number of esters is 3. The van der Waals surface area contributed by atoms with E-state index in [-0.39, 0.29) is 37.2 Å². The van der Waals surface area contributed by atoms with Crippen molar-refractivity contribution in [3.63, 3.8) is 0 Å². The van der Waals surface area contributed by atoms with E-state index in [2.05, 4.69) is 21.2 Å². The molecule has 0 saturated heterocycles. The fourth-order valence-electron chi connectivity index (χ4n) is 1.89. The number of ether oxygens (including phenoxy) is 4. The van der Waals surface area contributed by atoms with Crippen molar-refractivity contribution in [1.82, 2.24) is 4.90 Å². The third-order valence-electron chi connectivity index (χ3n) is 3.36. The van der Waals surface area contributed by atoms with E-state index >= 15 is 0 Å². The number of unbranched alkanes of at least 4 members (excludes halogenated alkanes) is 1. The van der Waals surface area contributed by atoms with E-state index < -0.39 is 0 Å². The molecule has 0 aliphatic carbocycles. The number of carbonyl (C=O) groups is 3. The smallest absolute Gasteiger partial charge is 0.307 e. The first kappa shape index (κ1) is 26.5. The number of nitrogens with zero attached hydrogens (tertiary/aromatic N) is 1. The lowest BCUT2D eigenvalue weighted by Crippen LogP contribution is -2.31. The molecule has 0 fully saturated rings. The summed E-state index contributed by atoms with van der Waals surface area (Å²) in [4.78, 5) is 36.0. The van der Waals surface area contributed by atoms with E-state index in [1.807, 2.05) is 4.90 Å². The second-order valence-corrected chi connectivity index (χ2v) is 5.16. The molecule has 0 radical (unpaired) electrons. The predicted octanol–water partition coefficient (Wildman–Crippen LogP) is -0.407. The molecule has 0 aliphatic heterocycles. The quantitative estimate of drug-likeness (QED) is 0.134. The Balaban J connectivity index is 0. The van der Waals surface area contributed by atoms with Crippen LogP contribution in [0.5, 0.6) is 0 Å². The van der Waals surface area contributed by atoms with Crippen molar-refractivity contribution in [1.29, 1.82) is 0 Å². The number of hydrogen-bond donors (Lipinski definition) is 2. The molecular formula is C16H33N3O7. The highest BCUT2D eigenvalue weighted by atomic mass is 16.5. The van der Waals surface area contributed by atoms with Crippen LogP contribution in [0.1, 0.15) is 32.1 Å². The highest BCUT2D eigenvalue weighted by Gasteiger charge is 2.13. The number of carbonyl (C=O) groups excluding carboxylic acids is 3. The maximum absolute atomic E-state index is 11.7. The summed E-state index contributed by atoms with van der Waals surface area (Å²) in [6.07, 6.45) is 2.20. The van der Waals surface area contributed by atoms with Gasteiger partial charge in [0.05, 0.1) is 40.1 Å². The predicted molar refractivity (Wildman–Crippen MR) is 94.8 cm³/mol. The Kier molecular flexibility index (Phi) is 19.9. The maximum atomic E-state index is 11.7. The van der Waals surface area contributed by atoms with E-state index in [9.17, 15) is 14.4 Å². The Labute approximate surface area is 155 Å². The highest BCUT2D eigenvalue weighted by Crippen LogP contribution is 2.01. The zero-order chi connectivity index (χ0) is 20.2. The van der Waals surface area contributed by atoms with E-state index in [1.54, 1.807) is 7.11 Å². The third-order valence-corrected chi connectivity index (χ3v) is 3.36. The SMILES string of the molecule is COCCCCOC(=O)CCN(CCC(=O)OC)CCC(=O)OC.NN. The second-order valence-electron chi connectivity index (χ2n) is 5.16. The van der Waals surface area contributed by atoms with E-state index in [4.69, 9.17) is 9.47 Å². The molecule has 0 heterocycles. The van der Waals surface area contributed by atoms with Gasteiger partial charge in [-0.15, -0.1) is 0 Å². The number of methoxy groups -OCH3 is 3. The van der Waals surface area contributed by atoms with Crippen LogP contribution >= 0.6 is 0 Å². The van der Waals surface area contributed by atoms with Gasteiger partial charge >= 0.3 is 17.9 Å². The van der Waals surface area contributed by atoms with Crippen molar-refractivity contribution in [2.24, 2.45) is 11.7 Å². The normalized spacial score (nSPS) is 9.92. The first-order valence-corrected chi connectivity index (χ1v) is 8.37. The topological polar surface area (TPSA) is 143 Å². The summed E-state index contributed by atoms with van der Waals surface area (Å²) >= 11 is 0. The summed E-state index contributed by atoms with van der Waals surface area (Å²) in [5, 5.41) is 0. The van der Waals surface area contributed by atoms with Crippen LogP contribution in [0, 0.1) is 0 Å². The molecule has 0 saturated carbocycles. The van der Waals surface area contributed by atoms with E-state index in [0.717, 1.165) is 12.8 Å². The summed E-state index contributed by atoms with van der Waals surface area (Å²) in [5.41, 5.74) is 0. The monoisotopic (exact) mass is 379 g/mol. The molecule has 0 aromatic carbocycles. The molecule has 0 rings (SSSR count). The summed E-state index contributed by atoms with van der Waals surface area (Å²) in [5.74, 6) is 7.03. The summed E-state index contributed by atoms with van der Waals surface area (Å²) in [6.45, 7) is 2.24. The van der Waals surface area contributed by atoms with Crippen LogP contribution in [-0.2, 0) is 33.3 Å². The standard InChI is InChI=1S/C16H29NO7.H4N2/c1-21-12-4-5-13-24-16(20)8-11-17(9-6-14(18)22-2)10-7-15(19)23-3;1-2/h4-13H2,1-3H3;1-2H2. The van der Waals surface area contributed by atoms with Crippen molar-refractivity contribution < 1.29 is 33.3 Å². The van der Waals surface area contributed by atoms with Gasteiger partial charge in [-0.2, -0.15) is 0 Å². The number of hydrogen-bond acceptors (Lipinski definition) is 10. The molecule has 0 aliphatic rings. The van der Waals surface area contributed by atoms with Crippen molar-refractivity contribution in [3.8, 4) is 0 Å². The lowest BCUT2D eigenvalue weighted by Gasteiger charge is -2.20. The molecule has 10 nitrogen and oxygen atoms in total. The molecule has 4 N–H and O–H groups in total. The van der Waals surface area contributed by atoms with Crippen LogP contribution in [0.25, 0.3) is 0 Å². The fraction of sp³-hybridized carbons (Fsp3) is 0.812. The minimum atomic E-state index is -0.334. The zero-order valence-electron chi connectivity index (χ0n) is 16.0. The van der Waals surface area contributed by atoms with Gasteiger partial charge in [0, 0.05) is 33.4 Å². The molecule has 10 heteroatoms. The highest BCUT2D eigenvalue weighted by molar-refractivity contribution is 5.70. The zero-order valence-corrected chi connectivity index (χ0v) is 16.0. The molecule has 0 aromatic heterocycles. The van der Waals surface area contributed by atoms with E-state index in [0.29, 0.717) is 32.8 Å². The minimum absolute atomic E-state index is 0.198. The molecule has 0 unspecified atom stereocenters. The van der Waals surface area contributed by atoms with Gasteiger partial charge in [-0.05, 0) is 12.8 Å². The maximum Gasteiger partial charge on any atom is 0.307 e.